The third kappa shape index (κ3) is 2.58. The van der Waals surface area contributed by atoms with Gasteiger partial charge < -0.3 is 5.32 Å². The number of carbonyl (C=O) groups is 2. The number of hydrogen-bond acceptors (Lipinski definition) is 3. The van der Waals surface area contributed by atoms with Gasteiger partial charge in [0, 0.05) is 24.4 Å². The van der Waals surface area contributed by atoms with E-state index in [9.17, 15) is 9.59 Å². The van der Waals surface area contributed by atoms with Crippen LogP contribution in [0.1, 0.15) is 44.9 Å². The maximum atomic E-state index is 11.9. The maximum Gasteiger partial charge on any atom is 0.234 e. The van der Waals surface area contributed by atoms with Crippen LogP contribution in [0.3, 0.4) is 0 Å². The van der Waals surface area contributed by atoms with E-state index in [-0.39, 0.29) is 11.8 Å². The molecule has 4 nitrogen and oxygen atoms in total. The molecular weight excluding hydrogens is 228 g/mol. The minimum absolute atomic E-state index is 0.148. The number of hydrogen-bond donors (Lipinski definition) is 1. The van der Waals surface area contributed by atoms with Crippen molar-refractivity contribution in [3.63, 3.8) is 0 Å². The summed E-state index contributed by atoms with van der Waals surface area (Å²) in [6.07, 6.45) is 7.32. The normalized spacial score (nSPS) is 33.0. The standard InChI is InChI=1S/C14H22N2O2/c17-13-5-1-3-11(13)12-4-2-8-16(12)9-14(18)15-10-6-7-10/h10-12H,1-9H2,(H,15,18). The summed E-state index contributed by atoms with van der Waals surface area (Å²) in [6, 6.07) is 0.775. The second-order valence-corrected chi connectivity index (χ2v) is 5.99. The van der Waals surface area contributed by atoms with E-state index >= 15 is 0 Å². The second kappa shape index (κ2) is 5.00. The Kier molecular flexibility index (Phi) is 3.37. The highest BCUT2D eigenvalue weighted by atomic mass is 16.2. The SMILES string of the molecule is O=C(CN1CCCC1C1CCCC1=O)NC1CC1. The van der Waals surface area contributed by atoms with Crippen LogP contribution in [0.5, 0.6) is 0 Å². The molecule has 1 aliphatic heterocycles. The zero-order valence-electron chi connectivity index (χ0n) is 10.9. The van der Waals surface area contributed by atoms with Crippen molar-refractivity contribution >= 4 is 11.7 Å². The summed E-state index contributed by atoms with van der Waals surface area (Å²) in [5.74, 6) is 0.783. The fraction of sp³-hybridized carbons (Fsp3) is 0.857. The molecule has 1 N–H and O–H groups in total. The summed E-state index contributed by atoms with van der Waals surface area (Å²) in [7, 11) is 0. The summed E-state index contributed by atoms with van der Waals surface area (Å²) in [4.78, 5) is 25.9. The Morgan fingerprint density at radius 3 is 2.72 bits per heavy atom. The average Bonchev–Trinajstić information content (AvgIpc) is 2.85. The predicted octanol–water partition coefficient (Wildman–Crippen LogP) is 1.10. The smallest absolute Gasteiger partial charge is 0.234 e. The maximum absolute atomic E-state index is 11.9. The van der Waals surface area contributed by atoms with Crippen LogP contribution >= 0.6 is 0 Å². The van der Waals surface area contributed by atoms with Crippen molar-refractivity contribution in [2.24, 2.45) is 5.92 Å². The summed E-state index contributed by atoms with van der Waals surface area (Å²) in [5.41, 5.74) is 0. The van der Waals surface area contributed by atoms with Gasteiger partial charge in [-0.15, -0.1) is 0 Å². The van der Waals surface area contributed by atoms with E-state index in [0.717, 1.165) is 51.5 Å². The minimum Gasteiger partial charge on any atom is -0.352 e. The summed E-state index contributed by atoms with van der Waals surface area (Å²) in [6.45, 7) is 1.47. The Balaban J connectivity index is 1.56. The molecule has 1 saturated heterocycles. The fourth-order valence-corrected chi connectivity index (χ4v) is 3.44. The average molecular weight is 250 g/mol. The van der Waals surface area contributed by atoms with Crippen molar-refractivity contribution in [1.29, 1.82) is 0 Å². The Morgan fingerprint density at radius 1 is 1.22 bits per heavy atom. The first-order valence-electron chi connectivity index (χ1n) is 7.30. The van der Waals surface area contributed by atoms with Gasteiger partial charge in [0.15, 0.2) is 0 Å². The van der Waals surface area contributed by atoms with Crippen LogP contribution in [0.2, 0.25) is 0 Å². The van der Waals surface area contributed by atoms with Crippen molar-refractivity contribution in [3.8, 4) is 0 Å². The zero-order chi connectivity index (χ0) is 12.5. The van der Waals surface area contributed by atoms with Gasteiger partial charge in [-0.05, 0) is 45.1 Å². The number of Topliss-reactive ketones (excluding diaryl/α,β-unsaturated/α-hetero) is 1. The van der Waals surface area contributed by atoms with E-state index in [2.05, 4.69) is 10.2 Å². The first-order valence-corrected chi connectivity index (χ1v) is 7.30. The minimum atomic E-state index is 0.148. The lowest BCUT2D eigenvalue weighted by Crippen LogP contribution is -2.44. The van der Waals surface area contributed by atoms with Gasteiger partial charge in [0.1, 0.15) is 5.78 Å². The van der Waals surface area contributed by atoms with Crippen molar-refractivity contribution in [2.75, 3.05) is 13.1 Å². The van der Waals surface area contributed by atoms with Gasteiger partial charge in [0.2, 0.25) is 5.91 Å². The summed E-state index contributed by atoms with van der Waals surface area (Å²) >= 11 is 0. The molecule has 2 saturated carbocycles. The van der Waals surface area contributed by atoms with Crippen LogP contribution in [0.25, 0.3) is 0 Å². The first-order chi connectivity index (χ1) is 8.74. The molecule has 0 spiro atoms. The molecule has 18 heavy (non-hydrogen) atoms. The third-order valence-electron chi connectivity index (χ3n) is 4.52. The molecule has 0 bridgehead atoms. The van der Waals surface area contributed by atoms with Crippen molar-refractivity contribution < 1.29 is 9.59 Å². The van der Waals surface area contributed by atoms with Gasteiger partial charge in [0.05, 0.1) is 6.54 Å². The molecule has 1 amide bonds. The number of carbonyl (C=O) groups excluding carboxylic acids is 2. The highest BCUT2D eigenvalue weighted by molar-refractivity contribution is 5.84. The van der Waals surface area contributed by atoms with Crippen molar-refractivity contribution in [2.45, 2.75) is 57.0 Å². The Bertz CT molecular complexity index is 352. The molecule has 0 radical (unpaired) electrons. The lowest BCUT2D eigenvalue weighted by atomic mass is 9.95. The highest BCUT2D eigenvalue weighted by Gasteiger charge is 2.38. The number of likely N-dealkylation sites (tertiary alicyclic amines) is 1. The van der Waals surface area contributed by atoms with E-state index in [0.29, 0.717) is 24.4 Å². The van der Waals surface area contributed by atoms with Crippen LogP contribution in [0.4, 0.5) is 0 Å². The molecule has 0 aromatic carbocycles. The first kappa shape index (κ1) is 12.2. The van der Waals surface area contributed by atoms with E-state index in [4.69, 9.17) is 0 Å². The van der Waals surface area contributed by atoms with Crippen LogP contribution < -0.4 is 5.32 Å². The van der Waals surface area contributed by atoms with E-state index in [1.165, 1.54) is 0 Å². The van der Waals surface area contributed by atoms with Crippen LogP contribution in [0.15, 0.2) is 0 Å². The monoisotopic (exact) mass is 250 g/mol. The summed E-state index contributed by atoms with van der Waals surface area (Å²) < 4.78 is 0. The molecule has 3 fully saturated rings. The summed E-state index contributed by atoms with van der Waals surface area (Å²) in [5, 5.41) is 3.04. The van der Waals surface area contributed by atoms with Crippen molar-refractivity contribution in [1.82, 2.24) is 10.2 Å². The van der Waals surface area contributed by atoms with Crippen LogP contribution in [0, 0.1) is 5.92 Å². The Hall–Kier alpha value is -0.900. The van der Waals surface area contributed by atoms with E-state index in [1.807, 2.05) is 0 Å². The fourth-order valence-electron chi connectivity index (χ4n) is 3.44. The van der Waals surface area contributed by atoms with Gasteiger partial charge >= 0.3 is 0 Å². The molecule has 1 heterocycles. The number of rotatable bonds is 4. The van der Waals surface area contributed by atoms with Gasteiger partial charge in [0.25, 0.3) is 0 Å². The molecule has 2 atom stereocenters. The number of amides is 1. The molecule has 4 heteroatoms. The largest absolute Gasteiger partial charge is 0.352 e. The topological polar surface area (TPSA) is 49.4 Å². The van der Waals surface area contributed by atoms with Crippen LogP contribution in [-0.2, 0) is 9.59 Å². The lowest BCUT2D eigenvalue weighted by molar-refractivity contribution is -0.126. The quantitative estimate of drug-likeness (QED) is 0.813. The van der Waals surface area contributed by atoms with Gasteiger partial charge in [-0.1, -0.05) is 0 Å². The van der Waals surface area contributed by atoms with Gasteiger partial charge in [-0.25, -0.2) is 0 Å². The molecule has 100 valence electrons. The molecule has 3 aliphatic rings. The zero-order valence-corrected chi connectivity index (χ0v) is 10.9. The molecule has 0 aromatic rings. The highest BCUT2D eigenvalue weighted by Crippen LogP contribution is 2.33. The number of ketones is 1. The van der Waals surface area contributed by atoms with Crippen molar-refractivity contribution in [3.05, 3.63) is 0 Å². The van der Waals surface area contributed by atoms with Gasteiger partial charge in [-0.2, -0.15) is 0 Å². The van der Waals surface area contributed by atoms with Gasteiger partial charge in [-0.3, -0.25) is 14.5 Å². The van der Waals surface area contributed by atoms with Crippen LogP contribution in [-0.4, -0.2) is 41.8 Å². The third-order valence-corrected chi connectivity index (χ3v) is 4.52. The lowest BCUT2D eigenvalue weighted by Gasteiger charge is -2.27. The van der Waals surface area contributed by atoms with E-state index in [1.54, 1.807) is 0 Å². The molecular formula is C14H22N2O2. The van der Waals surface area contributed by atoms with E-state index < -0.39 is 0 Å². The second-order valence-electron chi connectivity index (χ2n) is 5.99. The molecule has 3 rings (SSSR count). The predicted molar refractivity (Wildman–Crippen MR) is 68.1 cm³/mol. The Morgan fingerprint density at radius 2 is 2.06 bits per heavy atom. The number of nitrogens with one attached hydrogen (secondary N) is 1. The molecule has 0 aromatic heterocycles. The Labute approximate surface area is 108 Å². The molecule has 2 aliphatic carbocycles. The molecule has 2 unspecified atom stereocenters. The number of nitrogens with zero attached hydrogens (tertiary/aromatic N) is 1.